The van der Waals surface area contributed by atoms with E-state index < -0.39 is 0 Å². The molecular weight excluding hydrogens is 330 g/mol. The second-order valence-corrected chi connectivity index (χ2v) is 6.73. The van der Waals surface area contributed by atoms with Crippen LogP contribution in [0.1, 0.15) is 11.4 Å². The van der Waals surface area contributed by atoms with Crippen LogP contribution in [0.25, 0.3) is 26.6 Å². The molecule has 120 valence electrons. The Balaban J connectivity index is 1.56. The molecule has 0 aliphatic heterocycles. The molecule has 0 atom stereocenters. The molecule has 0 unspecified atom stereocenters. The van der Waals surface area contributed by atoms with Gasteiger partial charge in [0.2, 0.25) is 4.96 Å². The van der Waals surface area contributed by atoms with Gasteiger partial charge in [-0.05, 0) is 17.7 Å². The summed E-state index contributed by atoms with van der Waals surface area (Å²) in [6.07, 6.45) is 0.705. The molecule has 0 fully saturated rings. The van der Waals surface area contributed by atoms with Crippen LogP contribution < -0.4 is 0 Å². The van der Waals surface area contributed by atoms with Gasteiger partial charge in [0.25, 0.3) is 0 Å². The van der Waals surface area contributed by atoms with Gasteiger partial charge in [0.15, 0.2) is 10.8 Å². The molecule has 0 saturated carbocycles. The minimum absolute atomic E-state index is 0.705. The summed E-state index contributed by atoms with van der Waals surface area (Å²) < 4.78 is 1.82. The van der Waals surface area contributed by atoms with Crippen molar-refractivity contribution in [3.8, 4) is 10.7 Å². The summed E-state index contributed by atoms with van der Waals surface area (Å²) in [5.74, 6) is 0.837. The molecule has 3 heterocycles. The third-order valence-electron chi connectivity index (χ3n) is 4.08. The number of para-hydroxylation sites is 1. The van der Waals surface area contributed by atoms with E-state index in [0.717, 1.165) is 32.4 Å². The second kappa shape index (κ2) is 5.75. The Hall–Kier alpha value is -3.12. The Morgan fingerprint density at radius 2 is 1.68 bits per heavy atom. The number of nitrogens with zero attached hydrogens (tertiary/aromatic N) is 5. The van der Waals surface area contributed by atoms with Crippen molar-refractivity contribution in [2.24, 2.45) is 0 Å². The molecule has 25 heavy (non-hydrogen) atoms. The first kappa shape index (κ1) is 14.2. The van der Waals surface area contributed by atoms with Crippen molar-refractivity contribution in [2.45, 2.75) is 6.42 Å². The maximum atomic E-state index is 4.72. The third-order valence-corrected chi connectivity index (χ3v) is 5.00. The summed E-state index contributed by atoms with van der Waals surface area (Å²) in [6.45, 7) is 0. The van der Waals surface area contributed by atoms with Crippen LogP contribution in [0.5, 0.6) is 0 Å². The average Bonchev–Trinajstić information content (AvgIpc) is 3.24. The smallest absolute Gasteiger partial charge is 0.235 e. The number of benzene rings is 2. The van der Waals surface area contributed by atoms with E-state index in [9.17, 15) is 0 Å². The summed E-state index contributed by atoms with van der Waals surface area (Å²) in [4.78, 5) is 5.51. The molecule has 0 spiro atoms. The van der Waals surface area contributed by atoms with Crippen LogP contribution in [0.4, 0.5) is 0 Å². The molecule has 0 aliphatic carbocycles. The SMILES string of the molecule is c1ccc(Cc2nnc3sc(-c4ccc5ccccc5n4)nn23)cc1. The predicted molar refractivity (Wildman–Crippen MR) is 98.6 cm³/mol. The first-order valence-corrected chi connectivity index (χ1v) is 8.80. The van der Waals surface area contributed by atoms with Crippen molar-refractivity contribution in [2.75, 3.05) is 0 Å². The third kappa shape index (κ3) is 2.56. The quantitative estimate of drug-likeness (QED) is 0.497. The molecule has 0 bridgehead atoms. The van der Waals surface area contributed by atoms with E-state index in [4.69, 9.17) is 10.1 Å². The Kier molecular flexibility index (Phi) is 3.28. The van der Waals surface area contributed by atoms with Gasteiger partial charge in [-0.1, -0.05) is 65.9 Å². The fourth-order valence-corrected chi connectivity index (χ4v) is 3.66. The van der Waals surface area contributed by atoms with Gasteiger partial charge in [0.05, 0.1) is 5.52 Å². The number of hydrogen-bond donors (Lipinski definition) is 0. The lowest BCUT2D eigenvalue weighted by molar-refractivity contribution is 0.853. The number of hydrogen-bond acceptors (Lipinski definition) is 5. The van der Waals surface area contributed by atoms with Gasteiger partial charge in [0, 0.05) is 11.8 Å². The first-order chi connectivity index (χ1) is 12.4. The molecule has 3 aromatic heterocycles. The zero-order chi connectivity index (χ0) is 16.6. The van der Waals surface area contributed by atoms with Crippen molar-refractivity contribution in [3.05, 3.63) is 78.1 Å². The molecule has 0 aliphatic rings. The van der Waals surface area contributed by atoms with Crippen molar-refractivity contribution < 1.29 is 0 Å². The summed E-state index contributed by atoms with van der Waals surface area (Å²) in [6, 6.07) is 22.4. The molecule has 5 rings (SSSR count). The highest BCUT2D eigenvalue weighted by molar-refractivity contribution is 7.19. The zero-order valence-corrected chi connectivity index (χ0v) is 14.0. The number of aromatic nitrogens is 5. The summed E-state index contributed by atoms with van der Waals surface area (Å²) in [7, 11) is 0. The van der Waals surface area contributed by atoms with Crippen molar-refractivity contribution in [1.29, 1.82) is 0 Å². The molecule has 0 N–H and O–H groups in total. The molecule has 0 amide bonds. The molecule has 0 radical (unpaired) electrons. The van der Waals surface area contributed by atoms with E-state index in [0.29, 0.717) is 6.42 Å². The molecular formula is C19H13N5S. The molecule has 5 nitrogen and oxygen atoms in total. The van der Waals surface area contributed by atoms with Gasteiger partial charge in [-0.3, -0.25) is 0 Å². The lowest BCUT2D eigenvalue weighted by Gasteiger charge is -1.99. The van der Waals surface area contributed by atoms with Gasteiger partial charge in [0.1, 0.15) is 5.69 Å². The predicted octanol–water partition coefficient (Wildman–Crippen LogP) is 3.99. The van der Waals surface area contributed by atoms with Crippen LogP contribution in [0.3, 0.4) is 0 Å². The Bertz CT molecular complexity index is 1180. The average molecular weight is 343 g/mol. The summed E-state index contributed by atoms with van der Waals surface area (Å²) in [5, 5.41) is 15.2. The van der Waals surface area contributed by atoms with E-state index in [1.165, 1.54) is 16.9 Å². The van der Waals surface area contributed by atoms with E-state index in [1.54, 1.807) is 0 Å². The summed E-state index contributed by atoms with van der Waals surface area (Å²) in [5.41, 5.74) is 3.02. The van der Waals surface area contributed by atoms with E-state index in [1.807, 2.05) is 47.0 Å². The Morgan fingerprint density at radius 3 is 2.60 bits per heavy atom. The van der Waals surface area contributed by atoms with Gasteiger partial charge in [-0.2, -0.15) is 9.61 Å². The van der Waals surface area contributed by atoms with Crippen LogP contribution in [0, 0.1) is 0 Å². The summed E-state index contributed by atoms with van der Waals surface area (Å²) >= 11 is 1.51. The van der Waals surface area contributed by atoms with Crippen molar-refractivity contribution in [1.82, 2.24) is 24.8 Å². The molecule has 0 saturated heterocycles. The molecule has 2 aromatic carbocycles. The highest BCUT2D eigenvalue weighted by atomic mass is 32.1. The van der Waals surface area contributed by atoms with Crippen LogP contribution in [0.15, 0.2) is 66.7 Å². The fourth-order valence-electron chi connectivity index (χ4n) is 2.83. The number of pyridine rings is 1. The maximum Gasteiger partial charge on any atom is 0.235 e. The normalized spacial score (nSPS) is 11.4. The Morgan fingerprint density at radius 1 is 0.840 bits per heavy atom. The number of rotatable bonds is 3. The number of fused-ring (bicyclic) bond motifs is 2. The minimum Gasteiger partial charge on any atom is -0.245 e. The minimum atomic E-state index is 0.705. The lowest BCUT2D eigenvalue weighted by Crippen LogP contribution is -1.97. The van der Waals surface area contributed by atoms with Gasteiger partial charge >= 0.3 is 0 Å². The topological polar surface area (TPSA) is 56.0 Å². The highest BCUT2D eigenvalue weighted by Gasteiger charge is 2.14. The second-order valence-electron chi connectivity index (χ2n) is 5.77. The van der Waals surface area contributed by atoms with E-state index in [-0.39, 0.29) is 0 Å². The fraction of sp³-hybridized carbons (Fsp3) is 0.0526. The van der Waals surface area contributed by atoms with E-state index >= 15 is 0 Å². The van der Waals surface area contributed by atoms with Crippen molar-refractivity contribution in [3.63, 3.8) is 0 Å². The van der Waals surface area contributed by atoms with Gasteiger partial charge < -0.3 is 0 Å². The van der Waals surface area contributed by atoms with Crippen LogP contribution in [-0.2, 0) is 6.42 Å². The van der Waals surface area contributed by atoms with E-state index in [2.05, 4.69) is 34.5 Å². The standard InChI is InChI=1S/C19H13N5S/c1-2-6-13(7-3-1)12-17-21-22-19-24(17)23-18(25-19)16-11-10-14-8-4-5-9-15(14)20-16/h1-11H,12H2. The lowest BCUT2D eigenvalue weighted by atomic mass is 10.1. The van der Waals surface area contributed by atoms with Gasteiger partial charge in [-0.25, -0.2) is 4.98 Å². The van der Waals surface area contributed by atoms with Gasteiger partial charge in [-0.15, -0.1) is 10.2 Å². The highest BCUT2D eigenvalue weighted by Crippen LogP contribution is 2.26. The van der Waals surface area contributed by atoms with Crippen LogP contribution in [0.2, 0.25) is 0 Å². The largest absolute Gasteiger partial charge is 0.245 e. The van der Waals surface area contributed by atoms with Crippen molar-refractivity contribution >= 4 is 27.2 Å². The molecule has 6 heteroatoms. The monoisotopic (exact) mass is 343 g/mol. The first-order valence-electron chi connectivity index (χ1n) is 7.98. The van der Waals surface area contributed by atoms with Crippen LogP contribution >= 0.6 is 11.3 Å². The maximum absolute atomic E-state index is 4.72. The van der Waals surface area contributed by atoms with Crippen LogP contribution in [-0.4, -0.2) is 24.8 Å². The zero-order valence-electron chi connectivity index (χ0n) is 13.2. The Labute approximate surface area is 147 Å². The molecule has 5 aromatic rings.